The molecule has 19 nitrogen and oxygen atoms in total. The molecule has 0 aliphatic carbocycles. The molecule has 0 saturated carbocycles. The van der Waals surface area contributed by atoms with Crippen LogP contribution in [0.1, 0.15) is 75.0 Å². The number of nitrogens with zero attached hydrogens (tertiary/aromatic N) is 3. The second-order valence-electron chi connectivity index (χ2n) is 11.5. The lowest BCUT2D eigenvalue weighted by Gasteiger charge is -2.20. The molecule has 6 amide bonds. The summed E-state index contributed by atoms with van der Waals surface area (Å²) in [6.07, 6.45) is 5.09. The highest BCUT2D eigenvalue weighted by Crippen LogP contribution is 2.17. The summed E-state index contributed by atoms with van der Waals surface area (Å²) in [6, 6.07) is 3.10. The molecule has 0 radical (unpaired) electrons. The summed E-state index contributed by atoms with van der Waals surface area (Å²) in [4.78, 5) is 70.4. The maximum atomic E-state index is 12.8. The third-order valence-electron chi connectivity index (χ3n) is 6.35. The Hall–Kier alpha value is -5.14. The van der Waals surface area contributed by atoms with E-state index in [-0.39, 0.29) is 49.3 Å². The number of anilines is 1. The molecule has 2 rings (SSSR count). The van der Waals surface area contributed by atoms with Gasteiger partial charge in [-0.2, -0.15) is 0 Å². The minimum Gasteiger partial charge on any atom is -0.480 e. The molecule has 0 fully saturated rings. The first-order valence-electron chi connectivity index (χ1n) is 16.6. The summed E-state index contributed by atoms with van der Waals surface area (Å²) < 4.78 is 1.11. The number of unbranched alkanes of at least 4 members (excludes halogenated alkanes) is 1. The summed E-state index contributed by atoms with van der Waals surface area (Å²) in [5, 5.41) is 41.4. The average Bonchev–Trinajstić information content (AvgIpc) is 3.52. The van der Waals surface area contributed by atoms with Gasteiger partial charge in [-0.15, -0.1) is 5.10 Å². The van der Waals surface area contributed by atoms with E-state index < -0.39 is 42.4 Å². The lowest BCUT2D eigenvalue weighted by Crippen LogP contribution is -2.50. The van der Waals surface area contributed by atoms with Crippen molar-refractivity contribution in [2.75, 3.05) is 38.5 Å². The number of nitrogens with one attached hydrogen (secondary N) is 6. The number of aliphatic hydroxyl groups is 1. The van der Waals surface area contributed by atoms with Gasteiger partial charge in [0.1, 0.15) is 18.3 Å². The third-order valence-corrected chi connectivity index (χ3v) is 6.35. The number of primary amides is 1. The number of aliphatic hydroxyl groups excluding tert-OH is 1. The standard InChI is InChI=1S/C24H34N8O7.C4H10N2O.C4H11N/c1-14(2)6-19(29-20(34)9-25-3)24(39)27-10-21(35)28-16-5-4-15(13-33)18(7-16)23(38)26-8-17-11-32(31-30-17)12-22(36)37;1-2-3-6-4(5)7;1-2-3-4-5/h4-5,7,11,14,19,25,33H,6,8-10,12-13H2,1-3H3,(H,26,38)(H,27,39)(H,28,35)(H,29,34)(H,36,37);2-3H2,1H3,(H3,5,6,7);2-5H2,1H3. The smallest absolute Gasteiger partial charge is 0.325 e. The van der Waals surface area contributed by atoms with E-state index in [1.54, 1.807) is 7.05 Å². The highest BCUT2D eigenvalue weighted by molar-refractivity contribution is 5.99. The number of likely N-dealkylation sites (N-methyl/N-ethyl adjacent to an activating group) is 1. The summed E-state index contributed by atoms with van der Waals surface area (Å²) in [7, 11) is 1.61. The normalized spacial score (nSPS) is 10.7. The van der Waals surface area contributed by atoms with Crippen LogP contribution in [0, 0.1) is 5.92 Å². The van der Waals surface area contributed by atoms with Crippen LogP contribution >= 0.6 is 0 Å². The monoisotopic (exact) mass is 721 g/mol. The van der Waals surface area contributed by atoms with Crippen molar-refractivity contribution in [3.05, 3.63) is 41.2 Å². The zero-order chi connectivity index (χ0) is 38.8. The number of carbonyl (C=O) groups is 6. The Kier molecular flexibility index (Phi) is 24.0. The van der Waals surface area contributed by atoms with E-state index in [0.29, 0.717) is 24.2 Å². The van der Waals surface area contributed by atoms with Crippen LogP contribution in [0.5, 0.6) is 0 Å². The highest BCUT2D eigenvalue weighted by Gasteiger charge is 2.22. The van der Waals surface area contributed by atoms with Crippen LogP contribution in [0.4, 0.5) is 10.5 Å². The molecular formula is C32H55N11O8. The Bertz CT molecular complexity index is 1380. The predicted octanol–water partition coefficient (Wildman–Crippen LogP) is -0.600. The minimum atomic E-state index is -1.09. The average molecular weight is 722 g/mol. The Balaban J connectivity index is 0.00000178. The van der Waals surface area contributed by atoms with E-state index in [1.807, 2.05) is 20.8 Å². The number of benzene rings is 1. The van der Waals surface area contributed by atoms with Crippen molar-refractivity contribution in [2.24, 2.45) is 17.4 Å². The van der Waals surface area contributed by atoms with Crippen molar-refractivity contribution in [1.82, 2.24) is 41.6 Å². The second kappa shape index (κ2) is 26.7. The quantitative estimate of drug-likeness (QED) is 0.0870. The van der Waals surface area contributed by atoms with E-state index in [9.17, 15) is 33.9 Å². The number of carboxylic acids is 1. The predicted molar refractivity (Wildman–Crippen MR) is 190 cm³/mol. The van der Waals surface area contributed by atoms with Gasteiger partial charge in [-0.05, 0) is 56.5 Å². The van der Waals surface area contributed by atoms with Crippen LogP contribution in [-0.2, 0) is 38.9 Å². The number of carboxylic acid groups (broad SMARTS) is 1. The summed E-state index contributed by atoms with van der Waals surface area (Å²) in [5.41, 5.74) is 10.9. The highest BCUT2D eigenvalue weighted by atomic mass is 16.4. The van der Waals surface area contributed by atoms with Crippen LogP contribution in [0.15, 0.2) is 24.4 Å². The van der Waals surface area contributed by atoms with Crippen molar-refractivity contribution in [2.45, 2.75) is 79.1 Å². The number of urea groups is 1. The van der Waals surface area contributed by atoms with Gasteiger partial charge in [0.15, 0.2) is 0 Å². The number of rotatable bonds is 19. The third kappa shape index (κ3) is 21.5. The topological polar surface area (TPSA) is 298 Å². The summed E-state index contributed by atoms with van der Waals surface area (Å²) >= 11 is 0. The number of aliphatic carboxylic acids is 1. The van der Waals surface area contributed by atoms with Crippen LogP contribution < -0.4 is 43.4 Å². The fourth-order valence-corrected chi connectivity index (χ4v) is 3.96. The minimum absolute atomic E-state index is 0.0473. The molecule has 286 valence electrons. The Morgan fingerprint density at radius 1 is 0.980 bits per heavy atom. The zero-order valence-electron chi connectivity index (χ0n) is 30.1. The largest absolute Gasteiger partial charge is 0.480 e. The Morgan fingerprint density at radius 3 is 2.20 bits per heavy atom. The van der Waals surface area contributed by atoms with Crippen LogP contribution in [0.25, 0.3) is 0 Å². The van der Waals surface area contributed by atoms with Gasteiger partial charge in [0.25, 0.3) is 5.91 Å². The van der Waals surface area contributed by atoms with Gasteiger partial charge in [-0.1, -0.05) is 45.4 Å². The Labute approximate surface area is 298 Å². The number of carbonyl (C=O) groups excluding carboxylic acids is 5. The molecule has 2 aromatic rings. The molecule has 0 saturated heterocycles. The molecule has 0 spiro atoms. The number of amides is 6. The van der Waals surface area contributed by atoms with E-state index in [0.717, 1.165) is 17.6 Å². The molecule has 12 N–H and O–H groups in total. The molecule has 19 heteroatoms. The zero-order valence-corrected chi connectivity index (χ0v) is 30.1. The first kappa shape index (κ1) is 45.9. The van der Waals surface area contributed by atoms with Crippen molar-refractivity contribution >= 4 is 41.3 Å². The van der Waals surface area contributed by atoms with E-state index >= 15 is 0 Å². The van der Waals surface area contributed by atoms with Gasteiger partial charge in [0.2, 0.25) is 17.7 Å². The van der Waals surface area contributed by atoms with Gasteiger partial charge in [0.05, 0.1) is 32.4 Å². The van der Waals surface area contributed by atoms with E-state index in [1.165, 1.54) is 37.2 Å². The van der Waals surface area contributed by atoms with Crippen molar-refractivity contribution in [1.29, 1.82) is 0 Å². The Morgan fingerprint density at radius 2 is 1.69 bits per heavy atom. The summed E-state index contributed by atoms with van der Waals surface area (Å²) in [5.74, 6) is -2.94. The van der Waals surface area contributed by atoms with E-state index in [2.05, 4.69) is 49.1 Å². The van der Waals surface area contributed by atoms with Gasteiger partial charge >= 0.3 is 12.0 Å². The van der Waals surface area contributed by atoms with Crippen molar-refractivity contribution in [3.8, 4) is 0 Å². The SMILES string of the molecule is CCCCN.CCCNC(N)=O.CNCC(=O)NC(CC(C)C)C(=O)NCC(=O)Nc1ccc(CO)c(C(=O)NCc2cn(CC(=O)O)nn2)c1. The van der Waals surface area contributed by atoms with E-state index in [4.69, 9.17) is 16.6 Å². The molecule has 1 atom stereocenters. The number of hydrogen-bond acceptors (Lipinski definition) is 11. The number of aromatic nitrogens is 3. The lowest BCUT2D eigenvalue weighted by atomic mass is 10.0. The van der Waals surface area contributed by atoms with Crippen molar-refractivity contribution in [3.63, 3.8) is 0 Å². The van der Waals surface area contributed by atoms with Crippen LogP contribution in [-0.4, -0.2) is 100 Å². The van der Waals surface area contributed by atoms with Crippen LogP contribution in [0.3, 0.4) is 0 Å². The fraction of sp³-hybridized carbons (Fsp3) is 0.562. The molecule has 1 aromatic heterocycles. The molecule has 1 aromatic carbocycles. The molecule has 51 heavy (non-hydrogen) atoms. The summed E-state index contributed by atoms with van der Waals surface area (Å²) in [6.45, 7) is 8.26. The van der Waals surface area contributed by atoms with Gasteiger partial charge < -0.3 is 53.6 Å². The maximum Gasteiger partial charge on any atom is 0.325 e. The lowest BCUT2D eigenvalue weighted by molar-refractivity contribution is -0.138. The molecule has 0 aliphatic rings. The maximum absolute atomic E-state index is 12.8. The molecule has 0 aliphatic heterocycles. The van der Waals surface area contributed by atoms with Gasteiger partial charge in [-0.25, -0.2) is 9.48 Å². The molecular weight excluding hydrogens is 666 g/mol. The molecule has 0 bridgehead atoms. The van der Waals surface area contributed by atoms with Gasteiger partial charge in [0, 0.05) is 17.8 Å². The molecule has 1 heterocycles. The molecule has 1 unspecified atom stereocenters. The fourth-order valence-electron chi connectivity index (χ4n) is 3.96. The number of hydrogen-bond donors (Lipinski definition) is 10. The first-order valence-corrected chi connectivity index (χ1v) is 16.6. The van der Waals surface area contributed by atoms with Crippen LogP contribution in [0.2, 0.25) is 0 Å². The van der Waals surface area contributed by atoms with Gasteiger partial charge in [-0.3, -0.25) is 24.0 Å². The number of nitrogens with two attached hydrogens (primary N) is 2. The first-order chi connectivity index (χ1) is 24.2. The second-order valence-corrected chi connectivity index (χ2v) is 11.5. The van der Waals surface area contributed by atoms with Crippen molar-refractivity contribution < 1.29 is 39.0 Å².